The molecule has 0 bridgehead atoms. The van der Waals surface area contributed by atoms with Gasteiger partial charge in [-0.05, 0) is 18.9 Å². The SMILES string of the molecule is Cc1cnc(OC2CC(COCc3ccccc3)C2F)nc1N. The van der Waals surface area contributed by atoms with Gasteiger partial charge in [0.05, 0.1) is 13.2 Å². The molecule has 0 aliphatic heterocycles. The Balaban J connectivity index is 1.43. The monoisotopic (exact) mass is 317 g/mol. The summed E-state index contributed by atoms with van der Waals surface area (Å²) in [6, 6.07) is 9.96. The Morgan fingerprint density at radius 2 is 2.09 bits per heavy atom. The number of nitrogens with two attached hydrogens (primary N) is 1. The van der Waals surface area contributed by atoms with Crippen LogP contribution in [0.2, 0.25) is 0 Å². The van der Waals surface area contributed by atoms with Crippen molar-refractivity contribution in [2.75, 3.05) is 12.3 Å². The van der Waals surface area contributed by atoms with Crippen LogP contribution in [-0.4, -0.2) is 28.9 Å². The standard InChI is InChI=1S/C17H20FN3O2/c1-11-8-20-17(21-16(11)19)23-14-7-13(15(14)18)10-22-9-12-5-3-2-4-6-12/h2-6,8,13-15H,7,9-10H2,1H3,(H2,19,20,21). The van der Waals surface area contributed by atoms with Crippen LogP contribution in [0.4, 0.5) is 10.2 Å². The van der Waals surface area contributed by atoms with Crippen molar-refractivity contribution < 1.29 is 13.9 Å². The number of nitrogen functional groups attached to an aromatic ring is 1. The number of hydrogen-bond acceptors (Lipinski definition) is 5. The molecule has 0 radical (unpaired) electrons. The summed E-state index contributed by atoms with van der Waals surface area (Å²) in [6.07, 6.45) is 0.566. The average Bonchev–Trinajstić information content (AvgIpc) is 2.57. The molecule has 3 rings (SSSR count). The third-order valence-corrected chi connectivity index (χ3v) is 4.03. The molecule has 0 saturated heterocycles. The van der Waals surface area contributed by atoms with Crippen LogP contribution in [0.25, 0.3) is 0 Å². The van der Waals surface area contributed by atoms with E-state index in [1.165, 1.54) is 0 Å². The topological polar surface area (TPSA) is 70.3 Å². The molecule has 1 fully saturated rings. The summed E-state index contributed by atoms with van der Waals surface area (Å²) in [7, 11) is 0. The zero-order valence-electron chi connectivity index (χ0n) is 13.0. The number of benzene rings is 1. The van der Waals surface area contributed by atoms with Crippen LogP contribution in [0.3, 0.4) is 0 Å². The normalized spacial score (nSPS) is 23.3. The number of ether oxygens (including phenoxy) is 2. The Labute approximate surface area is 134 Å². The number of nitrogens with zero attached hydrogens (tertiary/aromatic N) is 2. The second kappa shape index (κ2) is 6.91. The Morgan fingerprint density at radius 3 is 2.78 bits per heavy atom. The zero-order valence-corrected chi connectivity index (χ0v) is 13.0. The van der Waals surface area contributed by atoms with Crippen molar-refractivity contribution in [3.8, 4) is 6.01 Å². The summed E-state index contributed by atoms with van der Waals surface area (Å²) in [6.45, 7) is 2.68. The highest BCUT2D eigenvalue weighted by Gasteiger charge is 2.44. The summed E-state index contributed by atoms with van der Waals surface area (Å²) in [5.41, 5.74) is 7.55. The van der Waals surface area contributed by atoms with Gasteiger partial charge >= 0.3 is 6.01 Å². The maximum Gasteiger partial charge on any atom is 0.318 e. The molecule has 1 saturated carbocycles. The van der Waals surface area contributed by atoms with Gasteiger partial charge in [-0.2, -0.15) is 4.98 Å². The van der Waals surface area contributed by atoms with E-state index in [-0.39, 0.29) is 11.9 Å². The van der Waals surface area contributed by atoms with Gasteiger partial charge in [0.15, 0.2) is 0 Å². The fourth-order valence-corrected chi connectivity index (χ4v) is 2.47. The predicted octanol–water partition coefficient (Wildman–Crippen LogP) is 2.69. The molecule has 5 nitrogen and oxygen atoms in total. The second-order valence-corrected chi connectivity index (χ2v) is 5.82. The van der Waals surface area contributed by atoms with Gasteiger partial charge in [0.1, 0.15) is 18.1 Å². The number of aromatic nitrogens is 2. The van der Waals surface area contributed by atoms with Crippen LogP contribution in [0.1, 0.15) is 17.5 Å². The van der Waals surface area contributed by atoms with E-state index in [0.29, 0.717) is 25.5 Å². The fraction of sp³-hybridized carbons (Fsp3) is 0.412. The Bertz CT molecular complexity index is 654. The Kier molecular flexibility index (Phi) is 4.71. The minimum atomic E-state index is -1.07. The van der Waals surface area contributed by atoms with E-state index in [9.17, 15) is 4.39 Å². The van der Waals surface area contributed by atoms with Gasteiger partial charge in [0, 0.05) is 17.7 Å². The number of halogens is 1. The Morgan fingerprint density at radius 1 is 1.30 bits per heavy atom. The predicted molar refractivity (Wildman–Crippen MR) is 84.7 cm³/mol. The molecule has 23 heavy (non-hydrogen) atoms. The molecule has 2 N–H and O–H groups in total. The second-order valence-electron chi connectivity index (χ2n) is 5.82. The molecular weight excluding hydrogens is 297 g/mol. The molecule has 6 heteroatoms. The van der Waals surface area contributed by atoms with Gasteiger partial charge in [0.25, 0.3) is 0 Å². The molecule has 1 aliphatic carbocycles. The lowest BCUT2D eigenvalue weighted by Gasteiger charge is -2.38. The number of alkyl halides is 1. The van der Waals surface area contributed by atoms with Gasteiger partial charge in [0.2, 0.25) is 0 Å². The van der Waals surface area contributed by atoms with Crippen molar-refractivity contribution in [3.05, 3.63) is 47.7 Å². The zero-order chi connectivity index (χ0) is 16.2. The van der Waals surface area contributed by atoms with Crippen molar-refractivity contribution in [1.82, 2.24) is 9.97 Å². The summed E-state index contributed by atoms with van der Waals surface area (Å²) in [4.78, 5) is 8.01. The fourth-order valence-electron chi connectivity index (χ4n) is 2.47. The van der Waals surface area contributed by atoms with Gasteiger partial charge in [-0.25, -0.2) is 9.37 Å². The third kappa shape index (κ3) is 3.76. The lowest BCUT2D eigenvalue weighted by Crippen LogP contribution is -2.49. The molecule has 1 aromatic heterocycles. The summed E-state index contributed by atoms with van der Waals surface area (Å²) in [5.74, 6) is 0.207. The van der Waals surface area contributed by atoms with Crippen LogP contribution in [-0.2, 0) is 11.3 Å². The number of anilines is 1. The van der Waals surface area contributed by atoms with Gasteiger partial charge in [-0.1, -0.05) is 30.3 Å². The van der Waals surface area contributed by atoms with E-state index in [2.05, 4.69) is 9.97 Å². The number of rotatable bonds is 6. The number of hydrogen-bond donors (Lipinski definition) is 1. The van der Waals surface area contributed by atoms with E-state index in [1.807, 2.05) is 30.3 Å². The lowest BCUT2D eigenvalue weighted by molar-refractivity contribution is -0.0777. The van der Waals surface area contributed by atoms with E-state index >= 15 is 0 Å². The van der Waals surface area contributed by atoms with Crippen molar-refractivity contribution in [2.24, 2.45) is 5.92 Å². The summed E-state index contributed by atoms with van der Waals surface area (Å²) < 4.78 is 25.2. The van der Waals surface area contributed by atoms with Crippen molar-refractivity contribution in [1.29, 1.82) is 0 Å². The van der Waals surface area contributed by atoms with E-state index in [1.54, 1.807) is 13.1 Å². The first-order valence-corrected chi connectivity index (χ1v) is 7.65. The molecule has 2 aromatic rings. The highest BCUT2D eigenvalue weighted by molar-refractivity contribution is 5.37. The maximum absolute atomic E-state index is 14.1. The summed E-state index contributed by atoms with van der Waals surface area (Å²) in [5, 5.41) is 0. The Hall–Kier alpha value is -2.21. The first-order chi connectivity index (χ1) is 11.1. The molecule has 1 heterocycles. The molecular formula is C17H20FN3O2. The quantitative estimate of drug-likeness (QED) is 0.887. The first-order valence-electron chi connectivity index (χ1n) is 7.65. The average molecular weight is 317 g/mol. The van der Waals surface area contributed by atoms with Gasteiger partial charge in [-0.3, -0.25) is 0 Å². The highest BCUT2D eigenvalue weighted by atomic mass is 19.1. The van der Waals surface area contributed by atoms with E-state index < -0.39 is 12.3 Å². The van der Waals surface area contributed by atoms with Crippen LogP contribution in [0.15, 0.2) is 36.5 Å². The van der Waals surface area contributed by atoms with Gasteiger partial charge < -0.3 is 15.2 Å². The number of aryl methyl sites for hydroxylation is 1. The van der Waals surface area contributed by atoms with Crippen molar-refractivity contribution >= 4 is 5.82 Å². The lowest BCUT2D eigenvalue weighted by atomic mass is 9.80. The molecule has 122 valence electrons. The maximum atomic E-state index is 14.1. The molecule has 3 unspecified atom stereocenters. The van der Waals surface area contributed by atoms with E-state index in [4.69, 9.17) is 15.2 Å². The third-order valence-electron chi connectivity index (χ3n) is 4.03. The molecule has 0 spiro atoms. The van der Waals surface area contributed by atoms with Crippen LogP contribution >= 0.6 is 0 Å². The van der Waals surface area contributed by atoms with Crippen molar-refractivity contribution in [2.45, 2.75) is 32.2 Å². The van der Waals surface area contributed by atoms with Gasteiger partial charge in [-0.15, -0.1) is 0 Å². The summed E-state index contributed by atoms with van der Waals surface area (Å²) >= 11 is 0. The minimum Gasteiger partial charge on any atom is -0.457 e. The van der Waals surface area contributed by atoms with E-state index in [0.717, 1.165) is 11.1 Å². The molecule has 3 atom stereocenters. The molecule has 1 aromatic carbocycles. The largest absolute Gasteiger partial charge is 0.457 e. The minimum absolute atomic E-state index is 0.129. The van der Waals surface area contributed by atoms with Crippen LogP contribution in [0.5, 0.6) is 6.01 Å². The molecule has 1 aliphatic rings. The highest BCUT2D eigenvalue weighted by Crippen LogP contribution is 2.34. The van der Waals surface area contributed by atoms with Crippen molar-refractivity contribution in [3.63, 3.8) is 0 Å². The molecule has 0 amide bonds. The first kappa shape index (κ1) is 15.7. The van der Waals surface area contributed by atoms with Crippen LogP contribution < -0.4 is 10.5 Å². The smallest absolute Gasteiger partial charge is 0.318 e. The van der Waals surface area contributed by atoms with Crippen LogP contribution in [0, 0.1) is 12.8 Å².